The molecule has 2 atom stereocenters. The van der Waals surface area contributed by atoms with E-state index in [1.165, 1.54) is 16.6 Å². The smallest absolute Gasteiger partial charge is 0.0718 e. The number of para-hydroxylation sites is 1. The summed E-state index contributed by atoms with van der Waals surface area (Å²) in [5.74, 6) is 1.30. The zero-order chi connectivity index (χ0) is 14.7. The van der Waals surface area contributed by atoms with Crippen molar-refractivity contribution in [1.82, 2.24) is 15.1 Å². The van der Waals surface area contributed by atoms with Gasteiger partial charge in [0.05, 0.1) is 11.2 Å². The maximum Gasteiger partial charge on any atom is 0.0718 e. The van der Waals surface area contributed by atoms with E-state index in [0.29, 0.717) is 17.9 Å². The lowest BCUT2D eigenvalue weighted by Gasteiger charge is -2.26. The fraction of sp³-hybridized carbons (Fsp3) is 0.588. The van der Waals surface area contributed by atoms with Gasteiger partial charge in [-0.05, 0) is 31.9 Å². The summed E-state index contributed by atoms with van der Waals surface area (Å²) in [6.45, 7) is 9.97. The molecule has 0 aliphatic carbocycles. The standard InChI is InChI=1S/C17H27N3/c1-6-20-17-10-8-7-9-14(17)16(19-20)11-15(18-5)13(4)12(2)3/h7-10,12-13,15,18H,6,11H2,1-5H3. The van der Waals surface area contributed by atoms with Crippen molar-refractivity contribution in [2.45, 2.75) is 46.7 Å². The number of likely N-dealkylation sites (N-methyl/N-ethyl adjacent to an activating group) is 1. The van der Waals surface area contributed by atoms with Gasteiger partial charge in [-0.3, -0.25) is 4.68 Å². The maximum atomic E-state index is 4.81. The minimum atomic E-state index is 0.471. The molecule has 1 aromatic carbocycles. The van der Waals surface area contributed by atoms with Crippen LogP contribution in [0.15, 0.2) is 24.3 Å². The molecule has 0 saturated heterocycles. The fourth-order valence-electron chi connectivity index (χ4n) is 2.81. The number of hydrogen-bond donors (Lipinski definition) is 1. The van der Waals surface area contributed by atoms with E-state index in [-0.39, 0.29) is 0 Å². The first-order chi connectivity index (χ1) is 9.58. The lowest BCUT2D eigenvalue weighted by molar-refractivity contribution is 0.308. The molecule has 1 aromatic heterocycles. The average molecular weight is 273 g/mol. The Kier molecular flexibility index (Phi) is 4.81. The molecule has 0 aliphatic heterocycles. The van der Waals surface area contributed by atoms with E-state index in [4.69, 9.17) is 5.10 Å². The van der Waals surface area contributed by atoms with Crippen LogP contribution in [-0.4, -0.2) is 22.9 Å². The van der Waals surface area contributed by atoms with Crippen LogP contribution in [0.4, 0.5) is 0 Å². The van der Waals surface area contributed by atoms with Crippen molar-refractivity contribution in [3.63, 3.8) is 0 Å². The molecule has 0 amide bonds. The molecule has 20 heavy (non-hydrogen) atoms. The van der Waals surface area contributed by atoms with Crippen molar-refractivity contribution in [3.05, 3.63) is 30.0 Å². The van der Waals surface area contributed by atoms with E-state index in [9.17, 15) is 0 Å². The van der Waals surface area contributed by atoms with Gasteiger partial charge in [0.25, 0.3) is 0 Å². The topological polar surface area (TPSA) is 29.9 Å². The van der Waals surface area contributed by atoms with Gasteiger partial charge in [0.2, 0.25) is 0 Å². The maximum absolute atomic E-state index is 4.81. The lowest BCUT2D eigenvalue weighted by atomic mass is 9.87. The molecule has 0 fully saturated rings. The molecule has 0 spiro atoms. The monoisotopic (exact) mass is 273 g/mol. The molecule has 3 nitrogen and oxygen atoms in total. The average Bonchev–Trinajstić information content (AvgIpc) is 2.82. The summed E-state index contributed by atoms with van der Waals surface area (Å²) >= 11 is 0. The first-order valence-electron chi connectivity index (χ1n) is 7.70. The predicted octanol–water partition coefficient (Wildman–Crippen LogP) is 3.48. The molecule has 1 N–H and O–H groups in total. The molecule has 2 aromatic rings. The number of fused-ring (bicyclic) bond motifs is 1. The van der Waals surface area contributed by atoms with Gasteiger partial charge < -0.3 is 5.32 Å². The number of rotatable bonds is 6. The highest BCUT2D eigenvalue weighted by Crippen LogP contribution is 2.23. The SMILES string of the molecule is CCn1nc(CC(NC)C(C)C(C)C)c2ccccc21. The number of aromatic nitrogens is 2. The largest absolute Gasteiger partial charge is 0.316 e. The normalized spacial score (nSPS) is 14.9. The molecule has 2 rings (SSSR count). The zero-order valence-electron chi connectivity index (χ0n) is 13.4. The van der Waals surface area contributed by atoms with Gasteiger partial charge in [0.15, 0.2) is 0 Å². The highest BCUT2D eigenvalue weighted by molar-refractivity contribution is 5.82. The summed E-state index contributed by atoms with van der Waals surface area (Å²) in [4.78, 5) is 0. The second kappa shape index (κ2) is 6.40. The summed E-state index contributed by atoms with van der Waals surface area (Å²) in [5.41, 5.74) is 2.46. The van der Waals surface area contributed by atoms with Crippen LogP contribution >= 0.6 is 0 Å². The molecule has 110 valence electrons. The minimum Gasteiger partial charge on any atom is -0.316 e. The van der Waals surface area contributed by atoms with E-state index in [0.717, 1.165) is 13.0 Å². The van der Waals surface area contributed by atoms with Crippen LogP contribution in [0.5, 0.6) is 0 Å². The van der Waals surface area contributed by atoms with Gasteiger partial charge in [-0.2, -0.15) is 5.10 Å². The van der Waals surface area contributed by atoms with Gasteiger partial charge in [-0.25, -0.2) is 0 Å². The van der Waals surface area contributed by atoms with Crippen molar-refractivity contribution < 1.29 is 0 Å². The van der Waals surface area contributed by atoms with Crippen molar-refractivity contribution >= 4 is 10.9 Å². The van der Waals surface area contributed by atoms with Gasteiger partial charge in [-0.15, -0.1) is 0 Å². The second-order valence-electron chi connectivity index (χ2n) is 5.98. The van der Waals surface area contributed by atoms with E-state index in [1.54, 1.807) is 0 Å². The van der Waals surface area contributed by atoms with Gasteiger partial charge in [0, 0.05) is 24.4 Å². The highest BCUT2D eigenvalue weighted by atomic mass is 15.3. The Morgan fingerprint density at radius 2 is 1.90 bits per heavy atom. The number of nitrogens with zero attached hydrogens (tertiary/aromatic N) is 2. The van der Waals surface area contributed by atoms with Crippen LogP contribution in [0.2, 0.25) is 0 Å². The molecular weight excluding hydrogens is 246 g/mol. The zero-order valence-corrected chi connectivity index (χ0v) is 13.4. The number of hydrogen-bond acceptors (Lipinski definition) is 2. The summed E-state index contributed by atoms with van der Waals surface area (Å²) in [6.07, 6.45) is 0.989. The van der Waals surface area contributed by atoms with Gasteiger partial charge in [-0.1, -0.05) is 39.0 Å². The lowest BCUT2D eigenvalue weighted by Crippen LogP contribution is -2.36. The Bertz CT molecular complexity index is 556. The van der Waals surface area contributed by atoms with Crippen LogP contribution in [0, 0.1) is 11.8 Å². The Balaban J connectivity index is 2.33. The Morgan fingerprint density at radius 1 is 1.20 bits per heavy atom. The molecule has 0 aliphatic rings. The van der Waals surface area contributed by atoms with Crippen LogP contribution in [-0.2, 0) is 13.0 Å². The molecule has 0 radical (unpaired) electrons. The van der Waals surface area contributed by atoms with Crippen molar-refractivity contribution in [1.29, 1.82) is 0 Å². The van der Waals surface area contributed by atoms with Crippen molar-refractivity contribution in [2.75, 3.05) is 7.05 Å². The first-order valence-corrected chi connectivity index (χ1v) is 7.70. The second-order valence-corrected chi connectivity index (χ2v) is 5.98. The Labute approximate surface area is 122 Å². The fourth-order valence-corrected chi connectivity index (χ4v) is 2.81. The highest BCUT2D eigenvalue weighted by Gasteiger charge is 2.21. The molecular formula is C17H27N3. The number of aryl methyl sites for hydroxylation is 1. The first kappa shape index (κ1) is 15.0. The minimum absolute atomic E-state index is 0.471. The van der Waals surface area contributed by atoms with Crippen molar-refractivity contribution in [2.24, 2.45) is 11.8 Å². The summed E-state index contributed by atoms with van der Waals surface area (Å²) in [6, 6.07) is 9.02. The molecule has 2 unspecified atom stereocenters. The van der Waals surface area contributed by atoms with Crippen molar-refractivity contribution in [3.8, 4) is 0 Å². The quantitative estimate of drug-likeness (QED) is 0.873. The third-order valence-electron chi connectivity index (χ3n) is 4.50. The van der Waals surface area contributed by atoms with E-state index in [2.05, 4.69) is 69.0 Å². The molecule has 3 heteroatoms. The van der Waals surface area contributed by atoms with Crippen LogP contribution in [0.3, 0.4) is 0 Å². The molecule has 0 saturated carbocycles. The van der Waals surface area contributed by atoms with E-state index >= 15 is 0 Å². The van der Waals surface area contributed by atoms with Crippen LogP contribution in [0.25, 0.3) is 10.9 Å². The Hall–Kier alpha value is -1.35. The Morgan fingerprint density at radius 3 is 2.50 bits per heavy atom. The van der Waals surface area contributed by atoms with Crippen LogP contribution < -0.4 is 5.32 Å². The summed E-state index contributed by atoms with van der Waals surface area (Å²) in [7, 11) is 2.06. The van der Waals surface area contributed by atoms with E-state index < -0.39 is 0 Å². The van der Waals surface area contributed by atoms with Crippen LogP contribution in [0.1, 0.15) is 33.4 Å². The summed E-state index contributed by atoms with van der Waals surface area (Å²) < 4.78 is 2.11. The van der Waals surface area contributed by atoms with Gasteiger partial charge >= 0.3 is 0 Å². The number of nitrogens with one attached hydrogen (secondary N) is 1. The third kappa shape index (κ3) is 2.88. The van der Waals surface area contributed by atoms with Gasteiger partial charge in [0.1, 0.15) is 0 Å². The molecule has 0 bridgehead atoms. The molecule has 1 heterocycles. The third-order valence-corrected chi connectivity index (χ3v) is 4.50. The van der Waals surface area contributed by atoms with E-state index in [1.807, 2.05) is 0 Å². The summed E-state index contributed by atoms with van der Waals surface area (Å²) in [5, 5.41) is 9.59. The predicted molar refractivity (Wildman–Crippen MR) is 86.0 cm³/mol. The number of benzene rings is 1.